The molecule has 3 aromatic rings. The van der Waals surface area contributed by atoms with Gasteiger partial charge in [0.25, 0.3) is 5.91 Å². The average Bonchev–Trinajstić information content (AvgIpc) is 3.16. The highest BCUT2D eigenvalue weighted by Crippen LogP contribution is 2.17. The Hall–Kier alpha value is -3.75. The van der Waals surface area contributed by atoms with Crippen molar-refractivity contribution in [3.05, 3.63) is 65.5 Å². The van der Waals surface area contributed by atoms with E-state index in [4.69, 9.17) is 4.42 Å². The minimum atomic E-state index is -1.04. The predicted molar refractivity (Wildman–Crippen MR) is 92.6 cm³/mol. The van der Waals surface area contributed by atoms with Crippen molar-refractivity contribution in [1.29, 1.82) is 0 Å². The Morgan fingerprint density at radius 2 is 1.93 bits per heavy atom. The van der Waals surface area contributed by atoms with Crippen LogP contribution in [0.15, 0.2) is 47.1 Å². The SMILES string of the molecule is Cc1nc2cc(F)ccc2cc1C(=O)NNC(=O)C(=O)NCc1ccco1. The van der Waals surface area contributed by atoms with Gasteiger partial charge in [0.1, 0.15) is 11.6 Å². The number of benzene rings is 1. The Morgan fingerprint density at radius 3 is 2.67 bits per heavy atom. The van der Waals surface area contributed by atoms with Crippen LogP contribution in [0.5, 0.6) is 0 Å². The van der Waals surface area contributed by atoms with Crippen LogP contribution in [0, 0.1) is 12.7 Å². The Morgan fingerprint density at radius 1 is 1.11 bits per heavy atom. The summed E-state index contributed by atoms with van der Waals surface area (Å²) in [6, 6.07) is 8.82. The topological polar surface area (TPSA) is 113 Å². The molecule has 0 saturated carbocycles. The number of carbonyl (C=O) groups excluding carboxylic acids is 3. The molecule has 0 fully saturated rings. The summed E-state index contributed by atoms with van der Waals surface area (Å²) in [5.74, 6) is -2.58. The molecule has 27 heavy (non-hydrogen) atoms. The number of fused-ring (bicyclic) bond motifs is 1. The summed E-state index contributed by atoms with van der Waals surface area (Å²) in [4.78, 5) is 39.9. The Bertz CT molecular complexity index is 1020. The number of rotatable bonds is 3. The summed E-state index contributed by atoms with van der Waals surface area (Å²) in [7, 11) is 0. The van der Waals surface area contributed by atoms with Crippen LogP contribution in [0.3, 0.4) is 0 Å². The van der Waals surface area contributed by atoms with Gasteiger partial charge in [-0.25, -0.2) is 4.39 Å². The second-order valence-electron chi connectivity index (χ2n) is 5.63. The Kier molecular flexibility index (Phi) is 5.11. The first-order valence-electron chi connectivity index (χ1n) is 7.92. The zero-order chi connectivity index (χ0) is 19.4. The van der Waals surface area contributed by atoms with Crippen LogP contribution in [-0.4, -0.2) is 22.7 Å². The summed E-state index contributed by atoms with van der Waals surface area (Å²) < 4.78 is 18.3. The van der Waals surface area contributed by atoms with Gasteiger partial charge in [0.15, 0.2) is 0 Å². The number of carbonyl (C=O) groups is 3. The van der Waals surface area contributed by atoms with Crippen molar-refractivity contribution in [3.8, 4) is 0 Å². The first-order valence-corrected chi connectivity index (χ1v) is 7.92. The monoisotopic (exact) mass is 370 g/mol. The maximum atomic E-state index is 13.3. The van der Waals surface area contributed by atoms with Crippen molar-refractivity contribution in [2.24, 2.45) is 0 Å². The van der Waals surface area contributed by atoms with Gasteiger partial charge in [0.2, 0.25) is 0 Å². The van der Waals surface area contributed by atoms with Crippen molar-refractivity contribution >= 4 is 28.6 Å². The third-order valence-electron chi connectivity index (χ3n) is 3.71. The van der Waals surface area contributed by atoms with Crippen LogP contribution >= 0.6 is 0 Å². The number of aryl methyl sites for hydroxylation is 1. The van der Waals surface area contributed by atoms with E-state index in [9.17, 15) is 18.8 Å². The first kappa shape index (κ1) is 18.1. The molecular weight excluding hydrogens is 355 g/mol. The highest BCUT2D eigenvalue weighted by atomic mass is 19.1. The molecule has 0 aliphatic rings. The van der Waals surface area contributed by atoms with Crippen molar-refractivity contribution in [3.63, 3.8) is 0 Å². The highest BCUT2D eigenvalue weighted by Gasteiger charge is 2.17. The predicted octanol–water partition coefficient (Wildman–Crippen LogP) is 1.35. The highest BCUT2D eigenvalue weighted by molar-refractivity contribution is 6.35. The van der Waals surface area contributed by atoms with Crippen molar-refractivity contribution in [2.45, 2.75) is 13.5 Å². The smallest absolute Gasteiger partial charge is 0.327 e. The van der Waals surface area contributed by atoms with Crippen molar-refractivity contribution < 1.29 is 23.2 Å². The number of furan rings is 1. The largest absolute Gasteiger partial charge is 0.467 e. The minimum absolute atomic E-state index is 0.0391. The normalized spacial score (nSPS) is 10.4. The van der Waals surface area contributed by atoms with Gasteiger partial charge < -0.3 is 9.73 Å². The van der Waals surface area contributed by atoms with Gasteiger partial charge in [-0.3, -0.25) is 30.2 Å². The minimum Gasteiger partial charge on any atom is -0.467 e. The van der Waals surface area contributed by atoms with E-state index in [1.165, 1.54) is 30.5 Å². The molecule has 1 aromatic carbocycles. The van der Waals surface area contributed by atoms with Gasteiger partial charge in [-0.1, -0.05) is 0 Å². The Labute approximate surface area is 152 Å². The molecule has 9 heteroatoms. The van der Waals surface area contributed by atoms with E-state index < -0.39 is 23.5 Å². The number of hydrazine groups is 1. The van der Waals surface area contributed by atoms with E-state index in [0.29, 0.717) is 22.4 Å². The number of aromatic nitrogens is 1. The Balaban J connectivity index is 1.60. The molecule has 0 aliphatic heterocycles. The molecule has 0 unspecified atom stereocenters. The fourth-order valence-corrected chi connectivity index (χ4v) is 2.36. The summed E-state index contributed by atoms with van der Waals surface area (Å²) in [6.45, 7) is 1.62. The quantitative estimate of drug-likeness (QED) is 0.476. The molecule has 0 bridgehead atoms. The van der Waals surface area contributed by atoms with E-state index >= 15 is 0 Å². The summed E-state index contributed by atoms with van der Waals surface area (Å²) in [5.41, 5.74) is 5.12. The third kappa shape index (κ3) is 4.27. The molecule has 2 aromatic heterocycles. The van der Waals surface area contributed by atoms with Gasteiger partial charge in [0, 0.05) is 11.5 Å². The fraction of sp³-hybridized carbons (Fsp3) is 0.111. The van der Waals surface area contributed by atoms with Crippen LogP contribution in [0.4, 0.5) is 4.39 Å². The van der Waals surface area contributed by atoms with Crippen molar-refractivity contribution in [1.82, 2.24) is 21.2 Å². The van der Waals surface area contributed by atoms with E-state index in [-0.39, 0.29) is 12.1 Å². The van der Waals surface area contributed by atoms with Crippen LogP contribution in [0.2, 0.25) is 0 Å². The lowest BCUT2D eigenvalue weighted by molar-refractivity contribution is -0.139. The molecule has 2 heterocycles. The zero-order valence-electron chi connectivity index (χ0n) is 14.2. The number of pyridine rings is 1. The molecule has 3 N–H and O–H groups in total. The maximum Gasteiger partial charge on any atom is 0.327 e. The second kappa shape index (κ2) is 7.65. The molecule has 3 amide bonds. The van der Waals surface area contributed by atoms with Crippen LogP contribution in [0.1, 0.15) is 21.8 Å². The van der Waals surface area contributed by atoms with Crippen LogP contribution in [-0.2, 0) is 16.1 Å². The molecule has 8 nitrogen and oxygen atoms in total. The number of halogens is 1. The number of nitrogens with zero attached hydrogens (tertiary/aromatic N) is 1. The maximum absolute atomic E-state index is 13.3. The number of hydrogen-bond donors (Lipinski definition) is 3. The van der Waals surface area contributed by atoms with Gasteiger partial charge in [-0.2, -0.15) is 0 Å². The van der Waals surface area contributed by atoms with Gasteiger partial charge in [-0.05, 0) is 37.3 Å². The molecule has 0 saturated heterocycles. The van der Waals surface area contributed by atoms with Gasteiger partial charge in [0.05, 0.1) is 29.6 Å². The number of amides is 3. The van der Waals surface area contributed by atoms with Gasteiger partial charge in [-0.15, -0.1) is 0 Å². The standard InChI is InChI=1S/C18H15FN4O4/c1-10-14(7-11-4-5-12(19)8-15(11)21-10)16(24)22-23-18(26)17(25)20-9-13-3-2-6-27-13/h2-8H,9H2,1H3,(H,20,25)(H,22,24)(H,23,26). The second-order valence-corrected chi connectivity index (χ2v) is 5.63. The molecule has 0 atom stereocenters. The zero-order valence-corrected chi connectivity index (χ0v) is 14.2. The third-order valence-corrected chi connectivity index (χ3v) is 3.71. The average molecular weight is 370 g/mol. The lowest BCUT2D eigenvalue weighted by Gasteiger charge is -2.10. The van der Waals surface area contributed by atoms with E-state index in [1.807, 2.05) is 5.43 Å². The van der Waals surface area contributed by atoms with E-state index in [1.54, 1.807) is 19.1 Å². The van der Waals surface area contributed by atoms with E-state index in [0.717, 1.165) is 0 Å². The van der Waals surface area contributed by atoms with Crippen LogP contribution < -0.4 is 16.2 Å². The summed E-state index contributed by atoms with van der Waals surface area (Å²) in [5, 5.41) is 2.91. The fourth-order valence-electron chi connectivity index (χ4n) is 2.36. The van der Waals surface area contributed by atoms with Gasteiger partial charge >= 0.3 is 11.8 Å². The van der Waals surface area contributed by atoms with Crippen LogP contribution in [0.25, 0.3) is 10.9 Å². The molecule has 3 rings (SSSR count). The number of nitrogens with one attached hydrogen (secondary N) is 3. The first-order chi connectivity index (χ1) is 12.9. The molecule has 0 spiro atoms. The molecule has 0 aliphatic carbocycles. The van der Waals surface area contributed by atoms with Crippen molar-refractivity contribution in [2.75, 3.05) is 0 Å². The van der Waals surface area contributed by atoms with E-state index in [2.05, 4.69) is 15.7 Å². The molecular formula is C18H15FN4O4. The lowest BCUT2D eigenvalue weighted by atomic mass is 10.1. The molecule has 0 radical (unpaired) electrons. The summed E-state index contributed by atoms with van der Waals surface area (Å²) >= 11 is 0. The lowest BCUT2D eigenvalue weighted by Crippen LogP contribution is -2.48. The number of hydrogen-bond acceptors (Lipinski definition) is 5. The summed E-state index contributed by atoms with van der Waals surface area (Å²) in [6.07, 6.45) is 1.44. The molecule has 138 valence electrons.